The summed E-state index contributed by atoms with van der Waals surface area (Å²) in [6.07, 6.45) is 0. The molecule has 0 amide bonds. The number of nitrogens with zero attached hydrogens (tertiary/aromatic N) is 3. The van der Waals surface area contributed by atoms with E-state index in [4.69, 9.17) is 14.4 Å². The molecule has 0 atom stereocenters. The molecular weight excluding hydrogens is 627 g/mol. The average Bonchev–Trinajstić information content (AvgIpc) is 3.89. The summed E-state index contributed by atoms with van der Waals surface area (Å²) in [5.41, 5.74) is 6.44. The molecule has 222 valence electrons. The minimum absolute atomic E-state index is 0.646. The third-order valence-corrected chi connectivity index (χ3v) is 12.3. The van der Waals surface area contributed by atoms with Crippen molar-refractivity contribution in [1.82, 2.24) is 14.5 Å². The number of furan rings is 1. The molecule has 0 spiro atoms. The van der Waals surface area contributed by atoms with Gasteiger partial charge in [0.2, 0.25) is 5.95 Å². The Morgan fingerprint density at radius 1 is 0.521 bits per heavy atom. The maximum absolute atomic E-state index is 6.61. The van der Waals surface area contributed by atoms with Crippen LogP contribution < -0.4 is 0 Å². The first-order valence-electron chi connectivity index (χ1n) is 16.0. The fraction of sp³-hybridized carbons (Fsp3) is 0. The standard InChI is InChI=1S/C42H21N3OS2/c1-4-16-31-25(11-1)38-40(46-31)39(28-14-8-13-24-23-10-2-5-17-32(23)48-41(24)28)44-42(43-38)45-29-15-7-9-22-19-20-27-36-26-12-3-6-18-33(26)47-34(36)21-30(45)37(27)35(22)29/h1-21H. The van der Waals surface area contributed by atoms with E-state index in [1.807, 2.05) is 23.5 Å². The Labute approximate surface area is 280 Å². The van der Waals surface area contributed by atoms with Crippen LogP contribution in [0.5, 0.6) is 0 Å². The van der Waals surface area contributed by atoms with E-state index in [9.17, 15) is 0 Å². The fourth-order valence-electron chi connectivity index (χ4n) is 7.98. The Morgan fingerprint density at radius 3 is 2.21 bits per heavy atom. The smallest absolute Gasteiger partial charge is 0.236 e. The van der Waals surface area contributed by atoms with Gasteiger partial charge in [-0.3, -0.25) is 4.57 Å². The van der Waals surface area contributed by atoms with Crippen molar-refractivity contribution in [3.05, 3.63) is 127 Å². The second kappa shape index (κ2) is 8.95. The predicted molar refractivity (Wildman–Crippen MR) is 204 cm³/mol. The molecule has 0 aliphatic carbocycles. The zero-order valence-corrected chi connectivity index (χ0v) is 26.8. The van der Waals surface area contributed by atoms with Crippen molar-refractivity contribution in [3.8, 4) is 17.2 Å². The number of para-hydroxylation sites is 1. The monoisotopic (exact) mass is 647 g/mol. The molecular formula is C42H21N3OS2. The summed E-state index contributed by atoms with van der Waals surface area (Å²) < 4.78 is 13.9. The van der Waals surface area contributed by atoms with Crippen molar-refractivity contribution in [2.45, 2.75) is 0 Å². The number of rotatable bonds is 2. The number of hydrogen-bond acceptors (Lipinski definition) is 5. The van der Waals surface area contributed by atoms with E-state index in [1.54, 1.807) is 11.3 Å². The summed E-state index contributed by atoms with van der Waals surface area (Å²) in [6.45, 7) is 0. The highest BCUT2D eigenvalue weighted by atomic mass is 32.1. The van der Waals surface area contributed by atoms with Crippen LogP contribution in [0.2, 0.25) is 0 Å². The summed E-state index contributed by atoms with van der Waals surface area (Å²) in [5.74, 6) is 0.646. The molecule has 5 heterocycles. The summed E-state index contributed by atoms with van der Waals surface area (Å²) in [4.78, 5) is 10.8. The van der Waals surface area contributed by atoms with Crippen LogP contribution >= 0.6 is 22.7 Å². The molecule has 0 saturated heterocycles. The molecule has 0 bridgehead atoms. The van der Waals surface area contributed by atoms with Crippen molar-refractivity contribution in [3.63, 3.8) is 0 Å². The van der Waals surface area contributed by atoms with Crippen LogP contribution in [0.15, 0.2) is 132 Å². The van der Waals surface area contributed by atoms with Crippen molar-refractivity contribution in [2.75, 3.05) is 0 Å². The minimum atomic E-state index is 0.646. The van der Waals surface area contributed by atoms with Crippen LogP contribution in [-0.2, 0) is 0 Å². The van der Waals surface area contributed by atoms with Gasteiger partial charge < -0.3 is 4.42 Å². The summed E-state index contributed by atoms with van der Waals surface area (Å²) >= 11 is 3.65. The summed E-state index contributed by atoms with van der Waals surface area (Å²) in [5, 5.41) is 11.1. The molecule has 6 heteroatoms. The van der Waals surface area contributed by atoms with Crippen LogP contribution in [0.3, 0.4) is 0 Å². The Hall–Kier alpha value is -5.82. The molecule has 5 aromatic heterocycles. The Kier molecular flexibility index (Phi) is 4.72. The van der Waals surface area contributed by atoms with Gasteiger partial charge in [0.05, 0.1) is 11.0 Å². The van der Waals surface area contributed by atoms with Gasteiger partial charge in [0.25, 0.3) is 0 Å². The zero-order chi connectivity index (χ0) is 31.1. The van der Waals surface area contributed by atoms with Gasteiger partial charge in [-0.1, -0.05) is 91.0 Å². The van der Waals surface area contributed by atoms with Crippen molar-refractivity contribution in [2.24, 2.45) is 0 Å². The summed E-state index contributed by atoms with van der Waals surface area (Å²) in [6, 6.07) is 45.6. The van der Waals surface area contributed by atoms with Gasteiger partial charge in [0.1, 0.15) is 16.8 Å². The van der Waals surface area contributed by atoms with Crippen molar-refractivity contribution in [1.29, 1.82) is 0 Å². The van der Waals surface area contributed by atoms with Gasteiger partial charge in [-0.05, 0) is 47.2 Å². The largest absolute Gasteiger partial charge is 0.452 e. The maximum Gasteiger partial charge on any atom is 0.236 e. The van der Waals surface area contributed by atoms with Crippen LogP contribution in [-0.4, -0.2) is 14.5 Å². The Balaban J connectivity index is 1.26. The molecule has 48 heavy (non-hydrogen) atoms. The lowest BCUT2D eigenvalue weighted by atomic mass is 9.98. The highest BCUT2D eigenvalue weighted by molar-refractivity contribution is 7.26. The van der Waals surface area contributed by atoms with Crippen LogP contribution in [0.1, 0.15) is 0 Å². The van der Waals surface area contributed by atoms with E-state index in [-0.39, 0.29) is 0 Å². The Bertz CT molecular complexity index is 3300. The van der Waals surface area contributed by atoms with E-state index in [1.165, 1.54) is 61.9 Å². The van der Waals surface area contributed by atoms with Gasteiger partial charge in [-0.2, -0.15) is 0 Å². The van der Waals surface area contributed by atoms with Gasteiger partial charge in [0.15, 0.2) is 5.58 Å². The van der Waals surface area contributed by atoms with Gasteiger partial charge >= 0.3 is 0 Å². The molecule has 0 aliphatic heterocycles. The lowest BCUT2D eigenvalue weighted by molar-refractivity contribution is 0.666. The summed E-state index contributed by atoms with van der Waals surface area (Å²) in [7, 11) is 0. The number of thiophene rings is 2. The third-order valence-electron chi connectivity index (χ3n) is 9.99. The van der Waals surface area contributed by atoms with E-state index in [0.29, 0.717) is 11.5 Å². The normalized spacial score (nSPS) is 12.6. The van der Waals surface area contributed by atoms with Crippen LogP contribution in [0.25, 0.3) is 112 Å². The lowest BCUT2D eigenvalue weighted by Gasteiger charge is -2.10. The van der Waals surface area contributed by atoms with Crippen molar-refractivity contribution < 1.29 is 4.42 Å². The zero-order valence-electron chi connectivity index (χ0n) is 25.2. The number of hydrogen-bond donors (Lipinski definition) is 0. The molecule has 0 aliphatic rings. The fourth-order valence-corrected chi connectivity index (χ4v) is 10.4. The minimum Gasteiger partial charge on any atom is -0.452 e. The predicted octanol–water partition coefficient (Wildman–Crippen LogP) is 12.5. The molecule has 0 N–H and O–H groups in total. The third kappa shape index (κ3) is 3.14. The highest BCUT2D eigenvalue weighted by Crippen LogP contribution is 2.47. The van der Waals surface area contributed by atoms with Crippen molar-refractivity contribution >= 4 is 118 Å². The molecule has 0 fully saturated rings. The number of fused-ring (bicyclic) bond motifs is 10. The second-order valence-corrected chi connectivity index (χ2v) is 14.6. The lowest BCUT2D eigenvalue weighted by Crippen LogP contribution is -2.02. The first-order chi connectivity index (χ1) is 23.8. The second-order valence-electron chi connectivity index (χ2n) is 12.5. The molecule has 12 aromatic rings. The topological polar surface area (TPSA) is 43.9 Å². The molecule has 0 unspecified atom stereocenters. The van der Waals surface area contributed by atoms with Gasteiger partial charge in [-0.25, -0.2) is 9.97 Å². The van der Waals surface area contributed by atoms with E-state index in [2.05, 4.69) is 120 Å². The first kappa shape index (κ1) is 25.3. The van der Waals surface area contributed by atoms with E-state index in [0.717, 1.165) is 38.8 Å². The van der Waals surface area contributed by atoms with E-state index >= 15 is 0 Å². The Morgan fingerprint density at radius 2 is 1.29 bits per heavy atom. The molecule has 12 rings (SSSR count). The van der Waals surface area contributed by atoms with Gasteiger partial charge in [-0.15, -0.1) is 22.7 Å². The quantitative estimate of drug-likeness (QED) is 0.175. The highest BCUT2D eigenvalue weighted by Gasteiger charge is 2.25. The molecule has 0 saturated carbocycles. The SMILES string of the molecule is c1ccc2c(c1)oc1c(-c3cccc4c3sc3ccccc34)nc(-n3c4cccc5ccc6c7c(cc3c6c54)sc3ccccc37)nc12. The molecule has 4 nitrogen and oxygen atoms in total. The van der Waals surface area contributed by atoms with E-state index < -0.39 is 0 Å². The average molecular weight is 648 g/mol. The van der Waals surface area contributed by atoms with Gasteiger partial charge in [0, 0.05) is 62.1 Å². The number of benzene rings is 7. The number of aromatic nitrogens is 3. The van der Waals surface area contributed by atoms with Crippen LogP contribution in [0, 0.1) is 0 Å². The first-order valence-corrected chi connectivity index (χ1v) is 17.6. The molecule has 7 aromatic carbocycles. The molecule has 0 radical (unpaired) electrons. The van der Waals surface area contributed by atoms with Crippen LogP contribution in [0.4, 0.5) is 0 Å². The maximum atomic E-state index is 6.61.